The lowest BCUT2D eigenvalue weighted by Crippen LogP contribution is -2.59. The highest BCUT2D eigenvalue weighted by Crippen LogP contribution is 2.37. The van der Waals surface area contributed by atoms with E-state index < -0.39 is 15.7 Å². The molecular weight excluding hydrogens is 422 g/mol. The van der Waals surface area contributed by atoms with Crippen LogP contribution in [0.15, 0.2) is 59.5 Å². The van der Waals surface area contributed by atoms with Crippen molar-refractivity contribution in [2.75, 3.05) is 13.1 Å². The van der Waals surface area contributed by atoms with Gasteiger partial charge >= 0.3 is 0 Å². The van der Waals surface area contributed by atoms with Crippen molar-refractivity contribution in [3.05, 3.63) is 65.7 Å². The first kappa shape index (κ1) is 23.0. The smallest absolute Gasteiger partial charge is 0.243 e. The number of carbonyl (C=O) groups excluding carboxylic acids is 1. The van der Waals surface area contributed by atoms with Gasteiger partial charge in [0, 0.05) is 19.6 Å². The Labute approximate surface area is 191 Å². The first-order valence-corrected chi connectivity index (χ1v) is 12.9. The van der Waals surface area contributed by atoms with Crippen molar-refractivity contribution in [2.45, 2.75) is 63.2 Å². The Morgan fingerprint density at radius 2 is 1.69 bits per heavy atom. The molecule has 7 heteroatoms. The number of carbonyl (C=O) groups is 1. The quantitative estimate of drug-likeness (QED) is 0.724. The molecule has 0 unspecified atom stereocenters. The molecule has 1 spiro atoms. The number of hydrogen-bond donors (Lipinski definition) is 1. The lowest BCUT2D eigenvalue weighted by Gasteiger charge is -2.44. The van der Waals surface area contributed by atoms with Crippen LogP contribution in [0.3, 0.4) is 0 Å². The van der Waals surface area contributed by atoms with Crippen LogP contribution in [-0.2, 0) is 21.4 Å². The number of sulfonamides is 1. The summed E-state index contributed by atoms with van der Waals surface area (Å²) in [5.74, 6) is 0.340. The Hall–Kier alpha value is -2.22. The molecule has 1 N–H and O–H groups in total. The highest BCUT2D eigenvalue weighted by Gasteiger charge is 2.53. The number of nitrogens with zero attached hydrogens (tertiary/aromatic N) is 2. The third-order valence-corrected chi connectivity index (χ3v) is 8.99. The van der Waals surface area contributed by atoms with E-state index in [4.69, 9.17) is 0 Å². The van der Waals surface area contributed by atoms with E-state index in [1.165, 1.54) is 0 Å². The zero-order valence-corrected chi connectivity index (χ0v) is 19.9. The molecule has 2 saturated heterocycles. The number of hydrogen-bond acceptors (Lipinski definition) is 4. The summed E-state index contributed by atoms with van der Waals surface area (Å²) in [6.07, 6.45) is 2.06. The predicted molar refractivity (Wildman–Crippen MR) is 125 cm³/mol. The molecule has 0 bridgehead atoms. The number of amides is 1. The maximum atomic E-state index is 13.4. The van der Waals surface area contributed by atoms with E-state index >= 15 is 0 Å². The Morgan fingerprint density at radius 1 is 1.06 bits per heavy atom. The SMILES string of the molecule is CC[C@H](C)[C@H]1NC2(CCN(S(=O)(=O)c3ccc(C)cc3)CC2)N(Cc2ccccc2)C1=O. The van der Waals surface area contributed by atoms with Crippen LogP contribution in [0.5, 0.6) is 0 Å². The van der Waals surface area contributed by atoms with Gasteiger partial charge in [-0.3, -0.25) is 10.1 Å². The van der Waals surface area contributed by atoms with Crippen LogP contribution in [0.1, 0.15) is 44.2 Å². The van der Waals surface area contributed by atoms with Crippen molar-refractivity contribution in [1.29, 1.82) is 0 Å². The minimum Gasteiger partial charge on any atom is -0.319 e. The molecule has 172 valence electrons. The zero-order chi connectivity index (χ0) is 22.9. The number of rotatable bonds is 6. The van der Waals surface area contributed by atoms with E-state index in [0.29, 0.717) is 37.4 Å². The van der Waals surface area contributed by atoms with Crippen molar-refractivity contribution in [3.8, 4) is 0 Å². The summed E-state index contributed by atoms with van der Waals surface area (Å²) in [6, 6.07) is 16.8. The molecule has 2 aromatic rings. The first-order chi connectivity index (χ1) is 15.3. The summed E-state index contributed by atoms with van der Waals surface area (Å²) in [4.78, 5) is 15.7. The fourth-order valence-electron chi connectivity index (χ4n) is 4.79. The van der Waals surface area contributed by atoms with Gasteiger partial charge in [-0.15, -0.1) is 0 Å². The fraction of sp³-hybridized carbons (Fsp3) is 0.480. The van der Waals surface area contributed by atoms with Crippen LogP contribution in [0.25, 0.3) is 0 Å². The molecule has 2 aliphatic heterocycles. The molecule has 2 fully saturated rings. The second kappa shape index (κ2) is 8.96. The van der Waals surface area contributed by atoms with Crippen molar-refractivity contribution in [3.63, 3.8) is 0 Å². The standard InChI is InChI=1S/C25H33N3O3S/c1-4-20(3)23-24(29)28(18-21-8-6-5-7-9-21)25(26-23)14-16-27(17-15-25)32(30,31)22-12-10-19(2)11-13-22/h5-13,20,23,26H,4,14-18H2,1-3H3/t20-,23+/m0/s1. The van der Waals surface area contributed by atoms with Gasteiger partial charge in [0.1, 0.15) is 0 Å². The summed E-state index contributed by atoms with van der Waals surface area (Å²) in [5.41, 5.74) is 1.60. The largest absolute Gasteiger partial charge is 0.319 e. The Morgan fingerprint density at radius 3 is 2.28 bits per heavy atom. The molecule has 6 nitrogen and oxygen atoms in total. The van der Waals surface area contributed by atoms with Gasteiger partial charge < -0.3 is 4.90 Å². The maximum absolute atomic E-state index is 13.4. The topological polar surface area (TPSA) is 69.7 Å². The molecule has 0 aliphatic carbocycles. The molecule has 2 aliphatic rings. The minimum absolute atomic E-state index is 0.123. The number of piperidine rings is 1. The molecule has 0 aromatic heterocycles. The molecule has 1 amide bonds. The molecular formula is C25H33N3O3S. The maximum Gasteiger partial charge on any atom is 0.243 e. The third kappa shape index (κ3) is 4.21. The summed E-state index contributed by atoms with van der Waals surface area (Å²) >= 11 is 0. The first-order valence-electron chi connectivity index (χ1n) is 11.5. The van der Waals surface area contributed by atoms with Gasteiger partial charge in [0.2, 0.25) is 15.9 Å². The lowest BCUT2D eigenvalue weighted by atomic mass is 9.96. The summed E-state index contributed by atoms with van der Waals surface area (Å²) in [7, 11) is -3.55. The van der Waals surface area contributed by atoms with Crippen molar-refractivity contribution < 1.29 is 13.2 Å². The predicted octanol–water partition coefficient (Wildman–Crippen LogP) is 3.52. The van der Waals surface area contributed by atoms with Gasteiger partial charge in [0.15, 0.2) is 0 Å². The number of aryl methyl sites for hydroxylation is 1. The van der Waals surface area contributed by atoms with Gasteiger partial charge in [-0.2, -0.15) is 4.31 Å². The van der Waals surface area contributed by atoms with E-state index in [9.17, 15) is 13.2 Å². The second-order valence-corrected chi connectivity index (χ2v) is 11.1. The Kier molecular flexibility index (Phi) is 6.43. The van der Waals surface area contributed by atoms with Crippen LogP contribution in [0.4, 0.5) is 0 Å². The van der Waals surface area contributed by atoms with Crippen molar-refractivity contribution >= 4 is 15.9 Å². The highest BCUT2D eigenvalue weighted by molar-refractivity contribution is 7.89. The van der Waals surface area contributed by atoms with Gasteiger partial charge in [-0.25, -0.2) is 8.42 Å². The van der Waals surface area contributed by atoms with Crippen molar-refractivity contribution in [1.82, 2.24) is 14.5 Å². The monoisotopic (exact) mass is 455 g/mol. The lowest BCUT2D eigenvalue weighted by molar-refractivity contribution is -0.134. The van der Waals surface area contributed by atoms with E-state index in [-0.39, 0.29) is 17.9 Å². The molecule has 2 aromatic carbocycles. The average Bonchev–Trinajstić information content (AvgIpc) is 3.06. The van der Waals surface area contributed by atoms with Gasteiger partial charge in [0.25, 0.3) is 0 Å². The summed E-state index contributed by atoms with van der Waals surface area (Å²) in [6.45, 7) is 7.45. The van der Waals surface area contributed by atoms with Crippen LogP contribution < -0.4 is 5.32 Å². The second-order valence-electron chi connectivity index (χ2n) is 9.17. The number of nitrogens with one attached hydrogen (secondary N) is 1. The van der Waals surface area contributed by atoms with Crippen LogP contribution in [-0.4, -0.2) is 48.3 Å². The minimum atomic E-state index is -3.55. The van der Waals surface area contributed by atoms with Gasteiger partial charge in [-0.05, 0) is 43.4 Å². The van der Waals surface area contributed by atoms with E-state index in [0.717, 1.165) is 17.5 Å². The van der Waals surface area contributed by atoms with E-state index in [2.05, 4.69) is 19.2 Å². The normalized spacial score (nSPS) is 22.4. The summed E-state index contributed by atoms with van der Waals surface area (Å²) < 4.78 is 27.9. The van der Waals surface area contributed by atoms with Crippen molar-refractivity contribution in [2.24, 2.45) is 5.92 Å². The van der Waals surface area contributed by atoms with Crippen LogP contribution >= 0.6 is 0 Å². The highest BCUT2D eigenvalue weighted by atomic mass is 32.2. The Bertz CT molecular complexity index is 1050. The van der Waals surface area contributed by atoms with Gasteiger partial charge in [-0.1, -0.05) is 68.3 Å². The molecule has 2 atom stereocenters. The summed E-state index contributed by atoms with van der Waals surface area (Å²) in [5, 5.41) is 3.65. The fourth-order valence-corrected chi connectivity index (χ4v) is 6.24. The number of benzene rings is 2. The van der Waals surface area contributed by atoms with Crippen LogP contribution in [0.2, 0.25) is 0 Å². The van der Waals surface area contributed by atoms with Gasteiger partial charge in [0.05, 0.1) is 16.6 Å². The van der Waals surface area contributed by atoms with E-state index in [1.807, 2.05) is 54.3 Å². The average molecular weight is 456 g/mol. The molecule has 0 radical (unpaired) electrons. The third-order valence-electron chi connectivity index (χ3n) is 7.08. The zero-order valence-electron chi connectivity index (χ0n) is 19.1. The van der Waals surface area contributed by atoms with Crippen LogP contribution in [0, 0.1) is 12.8 Å². The molecule has 2 heterocycles. The molecule has 4 rings (SSSR count). The Balaban J connectivity index is 1.57. The molecule has 0 saturated carbocycles. The molecule has 32 heavy (non-hydrogen) atoms. The van der Waals surface area contributed by atoms with E-state index in [1.54, 1.807) is 16.4 Å².